The molecule has 0 spiro atoms. The third kappa shape index (κ3) is 2.67. The second kappa shape index (κ2) is 5.08. The molecular weight excluding hydrogens is 206 g/mol. The predicted octanol–water partition coefficient (Wildman–Crippen LogP) is 2.20. The maximum atomic E-state index is 10.8. The molecule has 1 amide bonds. The van der Waals surface area contributed by atoms with Crippen LogP contribution in [-0.4, -0.2) is 24.4 Å². The van der Waals surface area contributed by atoms with Gasteiger partial charge in [0, 0.05) is 7.05 Å². The van der Waals surface area contributed by atoms with Crippen molar-refractivity contribution in [2.75, 3.05) is 11.9 Å². The number of benzene rings is 1. The van der Waals surface area contributed by atoms with Crippen LogP contribution in [-0.2, 0) is 0 Å². The van der Waals surface area contributed by atoms with E-state index in [-0.39, 0.29) is 0 Å². The molecule has 1 aromatic rings. The number of terminal acetylenes is 1. The molecule has 0 aromatic heterocycles. The zero-order valence-electron chi connectivity index (χ0n) is 9.18. The Bertz CT molecular complexity index is 423. The summed E-state index contributed by atoms with van der Waals surface area (Å²) in [5.41, 5.74) is 0.470. The van der Waals surface area contributed by atoms with E-state index in [9.17, 15) is 4.79 Å². The fraction of sp³-hybridized carbons (Fsp3) is 0.250. The summed E-state index contributed by atoms with van der Waals surface area (Å²) in [6.07, 6.45) is 3.75. The van der Waals surface area contributed by atoms with Gasteiger partial charge < -0.3 is 9.84 Å². The number of amides is 1. The molecule has 1 aromatic carbocycles. The van der Waals surface area contributed by atoms with Gasteiger partial charge in [0.25, 0.3) is 0 Å². The second-order valence-corrected chi connectivity index (χ2v) is 3.24. The molecule has 0 aliphatic rings. The van der Waals surface area contributed by atoms with E-state index in [2.05, 4.69) is 5.92 Å². The van der Waals surface area contributed by atoms with Gasteiger partial charge in [-0.05, 0) is 19.1 Å². The Balaban J connectivity index is 3.01. The van der Waals surface area contributed by atoms with Crippen molar-refractivity contribution in [3.05, 3.63) is 24.3 Å². The lowest BCUT2D eigenvalue weighted by atomic mass is 10.2. The SMILES string of the molecule is C#CC(C)Oc1ccccc1N(C)C(=O)O. The van der Waals surface area contributed by atoms with E-state index in [4.69, 9.17) is 16.3 Å². The van der Waals surface area contributed by atoms with Crippen LogP contribution in [0.1, 0.15) is 6.92 Å². The molecule has 0 bridgehead atoms. The topological polar surface area (TPSA) is 49.8 Å². The summed E-state index contributed by atoms with van der Waals surface area (Å²) >= 11 is 0. The smallest absolute Gasteiger partial charge is 0.411 e. The summed E-state index contributed by atoms with van der Waals surface area (Å²) in [5, 5.41) is 8.88. The Hall–Kier alpha value is -2.15. The van der Waals surface area contributed by atoms with Gasteiger partial charge in [0.15, 0.2) is 6.10 Å². The van der Waals surface area contributed by atoms with Crippen LogP contribution in [0.25, 0.3) is 0 Å². The van der Waals surface area contributed by atoms with Crippen molar-refractivity contribution in [3.63, 3.8) is 0 Å². The molecule has 1 unspecified atom stereocenters. The van der Waals surface area contributed by atoms with Crippen molar-refractivity contribution in [2.24, 2.45) is 0 Å². The van der Waals surface area contributed by atoms with E-state index < -0.39 is 12.2 Å². The Labute approximate surface area is 94.4 Å². The van der Waals surface area contributed by atoms with Crippen molar-refractivity contribution in [1.82, 2.24) is 0 Å². The fourth-order valence-corrected chi connectivity index (χ4v) is 1.16. The molecule has 1 atom stereocenters. The van der Waals surface area contributed by atoms with E-state index >= 15 is 0 Å². The third-order valence-electron chi connectivity index (χ3n) is 2.05. The number of anilines is 1. The fourth-order valence-electron chi connectivity index (χ4n) is 1.16. The second-order valence-electron chi connectivity index (χ2n) is 3.24. The van der Waals surface area contributed by atoms with Gasteiger partial charge in [0.1, 0.15) is 5.75 Å². The summed E-state index contributed by atoms with van der Waals surface area (Å²) in [6.45, 7) is 1.72. The monoisotopic (exact) mass is 219 g/mol. The van der Waals surface area contributed by atoms with Crippen LogP contribution in [0, 0.1) is 12.3 Å². The van der Waals surface area contributed by atoms with Gasteiger partial charge in [-0.1, -0.05) is 18.1 Å². The number of rotatable bonds is 3. The van der Waals surface area contributed by atoms with Crippen LogP contribution in [0.3, 0.4) is 0 Å². The molecule has 0 saturated heterocycles. The highest BCUT2D eigenvalue weighted by molar-refractivity contribution is 5.87. The molecule has 0 radical (unpaired) electrons. The van der Waals surface area contributed by atoms with Crippen LogP contribution in [0.15, 0.2) is 24.3 Å². The van der Waals surface area contributed by atoms with E-state index in [0.29, 0.717) is 11.4 Å². The van der Waals surface area contributed by atoms with Crippen LogP contribution in [0.5, 0.6) is 5.75 Å². The Morgan fingerprint density at radius 3 is 2.75 bits per heavy atom. The van der Waals surface area contributed by atoms with Gasteiger partial charge in [-0.25, -0.2) is 4.79 Å². The van der Waals surface area contributed by atoms with Gasteiger partial charge in [-0.15, -0.1) is 6.42 Å². The van der Waals surface area contributed by atoms with Crippen molar-refractivity contribution >= 4 is 11.8 Å². The van der Waals surface area contributed by atoms with Crippen LogP contribution in [0.4, 0.5) is 10.5 Å². The first-order valence-corrected chi connectivity index (χ1v) is 4.74. The minimum atomic E-state index is -1.05. The van der Waals surface area contributed by atoms with Gasteiger partial charge in [0.2, 0.25) is 0 Å². The van der Waals surface area contributed by atoms with Crippen molar-refractivity contribution in [3.8, 4) is 18.1 Å². The lowest BCUT2D eigenvalue weighted by Crippen LogP contribution is -2.25. The maximum absolute atomic E-state index is 10.8. The summed E-state index contributed by atoms with van der Waals surface area (Å²) in [4.78, 5) is 11.9. The zero-order valence-corrected chi connectivity index (χ0v) is 9.18. The van der Waals surface area contributed by atoms with Crippen molar-refractivity contribution < 1.29 is 14.6 Å². The number of nitrogens with zero attached hydrogens (tertiary/aromatic N) is 1. The Morgan fingerprint density at radius 1 is 1.56 bits per heavy atom. The molecule has 1 N–H and O–H groups in total. The molecule has 0 aliphatic heterocycles. The first kappa shape index (κ1) is 11.9. The van der Waals surface area contributed by atoms with E-state index in [1.165, 1.54) is 7.05 Å². The molecule has 4 nitrogen and oxygen atoms in total. The van der Waals surface area contributed by atoms with Crippen LogP contribution >= 0.6 is 0 Å². The third-order valence-corrected chi connectivity index (χ3v) is 2.05. The highest BCUT2D eigenvalue weighted by atomic mass is 16.5. The van der Waals surface area contributed by atoms with E-state index in [1.54, 1.807) is 31.2 Å². The first-order valence-electron chi connectivity index (χ1n) is 4.74. The summed E-state index contributed by atoms with van der Waals surface area (Å²) in [6, 6.07) is 6.84. The number of carbonyl (C=O) groups is 1. The number of hydrogen-bond acceptors (Lipinski definition) is 2. The summed E-state index contributed by atoms with van der Waals surface area (Å²) in [7, 11) is 1.45. The van der Waals surface area contributed by atoms with Crippen molar-refractivity contribution in [1.29, 1.82) is 0 Å². The molecule has 84 valence electrons. The minimum absolute atomic E-state index is 0.400. The lowest BCUT2D eigenvalue weighted by Gasteiger charge is -2.18. The number of hydrogen-bond donors (Lipinski definition) is 1. The Morgan fingerprint density at radius 2 is 2.19 bits per heavy atom. The first-order chi connectivity index (χ1) is 7.56. The summed E-state index contributed by atoms with van der Waals surface area (Å²) in [5.74, 6) is 2.88. The number of para-hydroxylation sites is 2. The molecule has 16 heavy (non-hydrogen) atoms. The highest BCUT2D eigenvalue weighted by Crippen LogP contribution is 2.27. The molecule has 0 heterocycles. The molecule has 0 fully saturated rings. The quantitative estimate of drug-likeness (QED) is 0.793. The predicted molar refractivity (Wildman–Crippen MR) is 61.8 cm³/mol. The molecule has 0 aliphatic carbocycles. The zero-order chi connectivity index (χ0) is 12.1. The van der Waals surface area contributed by atoms with Crippen LogP contribution < -0.4 is 9.64 Å². The summed E-state index contributed by atoms with van der Waals surface area (Å²) < 4.78 is 5.42. The maximum Gasteiger partial charge on any atom is 0.411 e. The van der Waals surface area contributed by atoms with Gasteiger partial charge in [-0.2, -0.15) is 0 Å². The lowest BCUT2D eigenvalue weighted by molar-refractivity contribution is 0.202. The minimum Gasteiger partial charge on any atom is -0.476 e. The largest absolute Gasteiger partial charge is 0.476 e. The van der Waals surface area contributed by atoms with Crippen molar-refractivity contribution in [2.45, 2.75) is 13.0 Å². The molecule has 1 rings (SSSR count). The van der Waals surface area contributed by atoms with E-state index in [0.717, 1.165) is 4.90 Å². The Kier molecular flexibility index (Phi) is 3.78. The number of carboxylic acid groups (broad SMARTS) is 1. The molecule has 0 saturated carbocycles. The molecule has 4 heteroatoms. The standard InChI is InChI=1S/C12H13NO3/c1-4-9(2)16-11-8-6-5-7-10(11)13(3)12(14)15/h1,5-9H,2-3H3,(H,14,15). The van der Waals surface area contributed by atoms with Gasteiger partial charge >= 0.3 is 6.09 Å². The number of ether oxygens (including phenoxy) is 1. The van der Waals surface area contributed by atoms with Gasteiger partial charge in [0.05, 0.1) is 5.69 Å². The van der Waals surface area contributed by atoms with Crippen LogP contribution in [0.2, 0.25) is 0 Å². The average Bonchev–Trinajstić information content (AvgIpc) is 2.28. The normalized spacial score (nSPS) is 11.3. The average molecular weight is 219 g/mol. The van der Waals surface area contributed by atoms with E-state index in [1.807, 2.05) is 0 Å². The van der Waals surface area contributed by atoms with Gasteiger partial charge in [-0.3, -0.25) is 4.90 Å². The molecular formula is C12H13NO3. The highest BCUT2D eigenvalue weighted by Gasteiger charge is 2.14.